The minimum Gasteiger partial charge on any atom is -0.459 e. The number of nitrogens with zero attached hydrogens (tertiary/aromatic N) is 3. The highest BCUT2D eigenvalue weighted by atomic mass is 16.6. The molecule has 0 aliphatic carbocycles. The van der Waals surface area contributed by atoms with E-state index in [1.54, 1.807) is 44.8 Å². The standard InChI is InChI=1S/C34H43N5O7/c1-24(32(42)45-21-26-14-9-6-10-15-26)36-30(40)29-16-11-17-39(29)31(41)28(37-33(43)46-34(2,3)4)18-27-19-38(22-35-27)23-44-20-25-12-7-5-8-13-25/h5-10,12-15,19,22,24,28-29H,11,16-18,20-21,23H2,1-4H3,(H,36,40)(H,37,43)/t24-,28+,29+/m1/s1. The van der Waals surface area contributed by atoms with E-state index in [0.717, 1.165) is 11.1 Å². The van der Waals surface area contributed by atoms with Crippen molar-refractivity contribution in [2.24, 2.45) is 0 Å². The van der Waals surface area contributed by atoms with Gasteiger partial charge in [-0.3, -0.25) is 9.59 Å². The second-order valence-electron chi connectivity index (χ2n) is 12.3. The highest BCUT2D eigenvalue weighted by Gasteiger charge is 2.39. The van der Waals surface area contributed by atoms with E-state index in [1.807, 2.05) is 60.7 Å². The molecule has 1 aromatic heterocycles. The normalized spacial score (nSPS) is 15.9. The zero-order valence-corrected chi connectivity index (χ0v) is 26.8. The van der Waals surface area contributed by atoms with Gasteiger partial charge in [0.05, 0.1) is 18.6 Å². The Kier molecular flexibility index (Phi) is 11.9. The number of hydrogen-bond donors (Lipinski definition) is 2. The largest absolute Gasteiger partial charge is 0.459 e. The summed E-state index contributed by atoms with van der Waals surface area (Å²) in [5, 5.41) is 5.37. The number of alkyl carbamates (subject to hydrolysis) is 1. The lowest BCUT2D eigenvalue weighted by molar-refractivity contribution is -0.149. The van der Waals surface area contributed by atoms with Crippen LogP contribution in [0.1, 0.15) is 57.4 Å². The van der Waals surface area contributed by atoms with E-state index in [-0.39, 0.29) is 19.8 Å². The van der Waals surface area contributed by atoms with Crippen LogP contribution in [0, 0.1) is 0 Å². The van der Waals surface area contributed by atoms with Crippen LogP contribution in [0.15, 0.2) is 73.2 Å². The third-order valence-electron chi connectivity index (χ3n) is 7.22. The highest BCUT2D eigenvalue weighted by Crippen LogP contribution is 2.20. The van der Waals surface area contributed by atoms with Gasteiger partial charge in [-0.25, -0.2) is 14.6 Å². The van der Waals surface area contributed by atoms with Gasteiger partial charge in [-0.2, -0.15) is 0 Å². The molecule has 3 atom stereocenters. The van der Waals surface area contributed by atoms with Crippen LogP contribution in [0.2, 0.25) is 0 Å². The van der Waals surface area contributed by atoms with Gasteiger partial charge >= 0.3 is 12.1 Å². The molecule has 0 spiro atoms. The summed E-state index contributed by atoms with van der Waals surface area (Å²) in [6.45, 7) is 7.81. The number of likely N-dealkylation sites (tertiary alicyclic amines) is 1. The molecule has 1 aliphatic heterocycles. The molecule has 4 rings (SSSR count). The lowest BCUT2D eigenvalue weighted by Gasteiger charge is -2.29. The number of aromatic nitrogens is 2. The first-order chi connectivity index (χ1) is 22.0. The van der Waals surface area contributed by atoms with Crippen LogP contribution >= 0.6 is 0 Å². The Bertz CT molecular complexity index is 1460. The first-order valence-corrected chi connectivity index (χ1v) is 15.4. The average Bonchev–Trinajstić information content (AvgIpc) is 3.69. The van der Waals surface area contributed by atoms with Gasteiger partial charge in [-0.05, 0) is 51.7 Å². The summed E-state index contributed by atoms with van der Waals surface area (Å²) in [5.74, 6) is -1.50. The summed E-state index contributed by atoms with van der Waals surface area (Å²) in [5.41, 5.74) is 1.64. The Morgan fingerprint density at radius 3 is 2.26 bits per heavy atom. The molecule has 12 heteroatoms. The number of rotatable bonds is 13. The quantitative estimate of drug-likeness (QED) is 0.272. The molecule has 12 nitrogen and oxygen atoms in total. The predicted octanol–water partition coefficient (Wildman–Crippen LogP) is 3.73. The SMILES string of the molecule is C[C@@H](NC(=O)[C@@H]1CCCN1C(=O)[C@H](Cc1cn(COCc2ccccc2)cn1)NC(=O)OC(C)(C)C)C(=O)OCc1ccccc1. The summed E-state index contributed by atoms with van der Waals surface area (Å²) in [7, 11) is 0. The van der Waals surface area contributed by atoms with Gasteiger partial charge in [0.2, 0.25) is 11.8 Å². The summed E-state index contributed by atoms with van der Waals surface area (Å²) >= 11 is 0. The Morgan fingerprint density at radius 1 is 0.957 bits per heavy atom. The number of amides is 3. The van der Waals surface area contributed by atoms with Gasteiger partial charge in [0.15, 0.2) is 0 Å². The maximum absolute atomic E-state index is 13.9. The molecule has 0 bridgehead atoms. The topological polar surface area (TPSA) is 141 Å². The number of ether oxygens (including phenoxy) is 3. The van der Waals surface area contributed by atoms with Crippen molar-refractivity contribution in [1.29, 1.82) is 0 Å². The Morgan fingerprint density at radius 2 is 1.61 bits per heavy atom. The molecule has 1 saturated heterocycles. The van der Waals surface area contributed by atoms with Crippen molar-refractivity contribution in [2.75, 3.05) is 6.54 Å². The lowest BCUT2D eigenvalue weighted by Crippen LogP contribution is -2.56. The molecule has 0 radical (unpaired) electrons. The van der Waals surface area contributed by atoms with Gasteiger partial charge in [0, 0.05) is 19.2 Å². The van der Waals surface area contributed by atoms with Gasteiger partial charge in [0.1, 0.15) is 37.1 Å². The first-order valence-electron chi connectivity index (χ1n) is 15.4. The van der Waals surface area contributed by atoms with E-state index in [2.05, 4.69) is 15.6 Å². The summed E-state index contributed by atoms with van der Waals surface area (Å²) in [4.78, 5) is 58.4. The minimum absolute atomic E-state index is 0.0663. The Labute approximate surface area is 269 Å². The number of hydrogen-bond acceptors (Lipinski definition) is 8. The van der Waals surface area contributed by atoms with Crippen molar-refractivity contribution in [1.82, 2.24) is 25.1 Å². The van der Waals surface area contributed by atoms with Crippen LogP contribution in [0.25, 0.3) is 0 Å². The van der Waals surface area contributed by atoms with Crippen LogP contribution in [0.4, 0.5) is 4.79 Å². The molecule has 2 N–H and O–H groups in total. The molecule has 1 aliphatic rings. The number of carbonyl (C=O) groups excluding carboxylic acids is 4. The molecule has 46 heavy (non-hydrogen) atoms. The van der Waals surface area contributed by atoms with Crippen LogP contribution in [-0.4, -0.2) is 68.6 Å². The first kappa shape index (κ1) is 34.2. The number of benzene rings is 2. The molecule has 2 aromatic carbocycles. The van der Waals surface area contributed by atoms with E-state index < -0.39 is 47.6 Å². The van der Waals surface area contributed by atoms with E-state index in [1.165, 1.54) is 4.90 Å². The zero-order chi connectivity index (χ0) is 33.1. The highest BCUT2D eigenvalue weighted by molar-refractivity contribution is 5.93. The fraction of sp³-hybridized carbons (Fsp3) is 0.441. The number of esters is 1. The van der Waals surface area contributed by atoms with Gasteiger partial charge in [-0.15, -0.1) is 0 Å². The Balaban J connectivity index is 1.38. The maximum atomic E-state index is 13.9. The second kappa shape index (κ2) is 16.0. The van der Waals surface area contributed by atoms with Gasteiger partial charge < -0.3 is 34.3 Å². The van der Waals surface area contributed by atoms with Crippen LogP contribution in [0.3, 0.4) is 0 Å². The van der Waals surface area contributed by atoms with E-state index in [0.29, 0.717) is 31.7 Å². The Hall–Kier alpha value is -4.71. The van der Waals surface area contributed by atoms with Crippen molar-refractivity contribution in [3.8, 4) is 0 Å². The van der Waals surface area contributed by atoms with Crippen molar-refractivity contribution in [3.63, 3.8) is 0 Å². The number of imidazole rings is 1. The molecule has 2 heterocycles. The molecular weight excluding hydrogens is 590 g/mol. The lowest BCUT2D eigenvalue weighted by atomic mass is 10.1. The minimum atomic E-state index is -1.05. The molecule has 0 unspecified atom stereocenters. The molecule has 1 fully saturated rings. The molecule has 0 saturated carbocycles. The van der Waals surface area contributed by atoms with Crippen molar-refractivity contribution in [2.45, 2.75) is 90.6 Å². The van der Waals surface area contributed by atoms with E-state index >= 15 is 0 Å². The third kappa shape index (κ3) is 10.4. The monoisotopic (exact) mass is 633 g/mol. The average molecular weight is 634 g/mol. The van der Waals surface area contributed by atoms with Crippen molar-refractivity contribution in [3.05, 3.63) is 90.0 Å². The summed E-state index contributed by atoms with van der Waals surface area (Å²) < 4.78 is 18.3. The predicted molar refractivity (Wildman–Crippen MR) is 169 cm³/mol. The summed E-state index contributed by atoms with van der Waals surface area (Å²) in [6.07, 6.45) is 3.65. The van der Waals surface area contributed by atoms with Crippen molar-refractivity contribution < 1.29 is 33.4 Å². The van der Waals surface area contributed by atoms with Crippen LogP contribution in [0.5, 0.6) is 0 Å². The smallest absolute Gasteiger partial charge is 0.408 e. The third-order valence-corrected chi connectivity index (χ3v) is 7.22. The molecule has 3 aromatic rings. The molecular formula is C34H43N5O7. The van der Waals surface area contributed by atoms with Gasteiger partial charge in [-0.1, -0.05) is 60.7 Å². The van der Waals surface area contributed by atoms with Gasteiger partial charge in [0.25, 0.3) is 0 Å². The second-order valence-corrected chi connectivity index (χ2v) is 12.3. The van der Waals surface area contributed by atoms with Crippen LogP contribution in [-0.2, 0) is 55.0 Å². The zero-order valence-electron chi connectivity index (χ0n) is 26.8. The molecule has 3 amide bonds. The van der Waals surface area contributed by atoms with E-state index in [9.17, 15) is 19.2 Å². The van der Waals surface area contributed by atoms with Crippen LogP contribution < -0.4 is 10.6 Å². The summed E-state index contributed by atoms with van der Waals surface area (Å²) in [6, 6.07) is 16.2. The van der Waals surface area contributed by atoms with Crippen molar-refractivity contribution >= 4 is 23.9 Å². The molecule has 246 valence electrons. The maximum Gasteiger partial charge on any atom is 0.408 e. The fourth-order valence-corrected chi connectivity index (χ4v) is 5.01. The number of carbonyl (C=O) groups is 4. The van der Waals surface area contributed by atoms with E-state index in [4.69, 9.17) is 14.2 Å². The fourth-order valence-electron chi connectivity index (χ4n) is 5.01. The number of nitrogens with one attached hydrogen (secondary N) is 2.